The van der Waals surface area contributed by atoms with Crippen LogP contribution in [0.25, 0.3) is 10.9 Å². The van der Waals surface area contributed by atoms with Gasteiger partial charge in [-0.25, -0.2) is 8.42 Å². The third kappa shape index (κ3) is 5.91. The number of anilines is 1. The van der Waals surface area contributed by atoms with Crippen LogP contribution in [0.5, 0.6) is 0 Å². The van der Waals surface area contributed by atoms with Crippen LogP contribution in [-0.4, -0.2) is 70.5 Å². The van der Waals surface area contributed by atoms with Crippen LogP contribution >= 0.6 is 46.1 Å². The molecular formula is C23H31ClN4O4S4. The van der Waals surface area contributed by atoms with Crippen LogP contribution in [0.4, 0.5) is 5.69 Å². The van der Waals surface area contributed by atoms with Gasteiger partial charge in [0.05, 0.1) is 23.4 Å². The fourth-order valence-corrected chi connectivity index (χ4v) is 9.45. The molecule has 2 aliphatic heterocycles. The molecule has 5 rings (SSSR count). The maximum atomic E-state index is 13.1. The number of halogens is 1. The number of para-hydroxylation sites is 1. The second-order valence-corrected chi connectivity index (χ2v) is 15.8. The largest absolute Gasteiger partial charge is 0.351 e. The van der Waals surface area contributed by atoms with Gasteiger partial charge in [-0.2, -0.15) is 10.6 Å². The summed E-state index contributed by atoms with van der Waals surface area (Å²) in [6.07, 6.45) is 2.61. The highest BCUT2D eigenvalue weighted by Gasteiger charge is 2.27. The Morgan fingerprint density at radius 1 is 1.22 bits per heavy atom. The summed E-state index contributed by atoms with van der Waals surface area (Å²) in [7, 11) is -4.37. The summed E-state index contributed by atoms with van der Waals surface area (Å²) in [5.74, 6) is 1.00. The molecule has 1 atom stereocenters. The molecule has 4 N–H and O–H groups in total. The Labute approximate surface area is 227 Å². The Kier molecular flexibility index (Phi) is 8.67. The molecule has 0 bridgehead atoms. The first kappa shape index (κ1) is 27.8. The molecule has 13 heteroatoms. The number of nitrogens with one attached hydrogen (secondary N) is 2. The number of hydrogen-bond acceptors (Lipinski definition) is 8. The van der Waals surface area contributed by atoms with E-state index in [0.29, 0.717) is 32.7 Å². The second-order valence-electron chi connectivity index (χ2n) is 8.94. The number of thioether (sulfide) groups is 1. The molecule has 2 aromatic heterocycles. The SMILES string of the molecule is CN(c1cccc2cc(C3=NCC(CCNC4CCS(O)(O)CC4)S3)[nH]c12)S(=O)(=O)c1cccs1.Cl. The average Bonchev–Trinajstić information content (AvgIpc) is 3.59. The van der Waals surface area contributed by atoms with Crippen molar-refractivity contribution in [2.45, 2.75) is 34.8 Å². The van der Waals surface area contributed by atoms with E-state index in [1.54, 1.807) is 36.3 Å². The zero-order valence-corrected chi connectivity index (χ0v) is 23.9. The molecule has 0 amide bonds. The topological polar surface area (TPSA) is 118 Å². The zero-order chi connectivity index (χ0) is 24.6. The minimum Gasteiger partial charge on any atom is -0.351 e. The summed E-state index contributed by atoms with van der Waals surface area (Å²) in [6, 6.07) is 11.4. The number of benzene rings is 1. The van der Waals surface area contributed by atoms with Crippen LogP contribution in [-0.2, 0) is 10.0 Å². The van der Waals surface area contributed by atoms with E-state index < -0.39 is 20.6 Å². The van der Waals surface area contributed by atoms with Crippen molar-refractivity contribution < 1.29 is 17.5 Å². The van der Waals surface area contributed by atoms with Gasteiger partial charge in [-0.1, -0.05) is 30.0 Å². The monoisotopic (exact) mass is 590 g/mol. The molecule has 0 spiro atoms. The highest BCUT2D eigenvalue weighted by Crippen LogP contribution is 2.44. The van der Waals surface area contributed by atoms with Crippen molar-refractivity contribution >= 4 is 77.8 Å². The summed E-state index contributed by atoms with van der Waals surface area (Å²) in [6.45, 7) is 1.63. The molecule has 1 saturated heterocycles. The van der Waals surface area contributed by atoms with E-state index in [-0.39, 0.29) is 12.4 Å². The molecule has 1 aromatic carbocycles. The van der Waals surface area contributed by atoms with Gasteiger partial charge >= 0.3 is 0 Å². The lowest BCUT2D eigenvalue weighted by Crippen LogP contribution is -2.37. The quantitative estimate of drug-likeness (QED) is 0.285. The Morgan fingerprint density at radius 2 is 2.00 bits per heavy atom. The van der Waals surface area contributed by atoms with Crippen LogP contribution in [0.2, 0.25) is 0 Å². The summed E-state index contributed by atoms with van der Waals surface area (Å²) in [5.41, 5.74) is 2.30. The van der Waals surface area contributed by atoms with Gasteiger partial charge < -0.3 is 10.3 Å². The van der Waals surface area contributed by atoms with Gasteiger partial charge in [0.15, 0.2) is 0 Å². The fourth-order valence-electron chi connectivity index (χ4n) is 4.47. The number of sulfonamides is 1. The second kappa shape index (κ2) is 11.2. The molecule has 0 aliphatic carbocycles. The zero-order valence-electron chi connectivity index (χ0n) is 19.8. The highest BCUT2D eigenvalue weighted by atomic mass is 35.5. The lowest BCUT2D eigenvalue weighted by atomic mass is 10.1. The van der Waals surface area contributed by atoms with Crippen molar-refractivity contribution in [1.29, 1.82) is 0 Å². The predicted octanol–water partition coefficient (Wildman–Crippen LogP) is 5.23. The minimum atomic E-state index is -3.62. The lowest BCUT2D eigenvalue weighted by molar-refractivity contribution is 0.420. The van der Waals surface area contributed by atoms with Gasteiger partial charge in [0, 0.05) is 35.2 Å². The number of H-pyrrole nitrogens is 1. The van der Waals surface area contributed by atoms with E-state index in [2.05, 4.69) is 10.3 Å². The predicted molar refractivity (Wildman–Crippen MR) is 156 cm³/mol. The van der Waals surface area contributed by atoms with Gasteiger partial charge in [0.25, 0.3) is 10.0 Å². The van der Waals surface area contributed by atoms with E-state index in [4.69, 9.17) is 4.99 Å². The van der Waals surface area contributed by atoms with Crippen LogP contribution in [0.15, 0.2) is 51.0 Å². The molecule has 4 heterocycles. The van der Waals surface area contributed by atoms with E-state index in [1.165, 1.54) is 15.6 Å². The van der Waals surface area contributed by atoms with Crippen LogP contribution in [0.3, 0.4) is 0 Å². The molecule has 36 heavy (non-hydrogen) atoms. The number of hydrogen-bond donors (Lipinski definition) is 4. The summed E-state index contributed by atoms with van der Waals surface area (Å²) >= 11 is 2.97. The fraction of sp³-hybridized carbons (Fsp3) is 0.435. The molecule has 1 fully saturated rings. The first-order valence-electron chi connectivity index (χ1n) is 11.6. The molecule has 3 aromatic rings. The Balaban J connectivity index is 0.00000304. The maximum Gasteiger partial charge on any atom is 0.273 e. The first-order valence-corrected chi connectivity index (χ1v) is 16.6. The normalized spacial score (nSPS) is 21.2. The maximum absolute atomic E-state index is 13.1. The van der Waals surface area contributed by atoms with Crippen molar-refractivity contribution in [1.82, 2.24) is 10.3 Å². The van der Waals surface area contributed by atoms with Gasteiger partial charge in [-0.15, -0.1) is 23.7 Å². The third-order valence-electron chi connectivity index (χ3n) is 6.52. The van der Waals surface area contributed by atoms with Crippen LogP contribution < -0.4 is 9.62 Å². The molecule has 0 radical (unpaired) electrons. The van der Waals surface area contributed by atoms with E-state index in [9.17, 15) is 17.5 Å². The van der Waals surface area contributed by atoms with Crippen molar-refractivity contribution in [3.05, 3.63) is 47.5 Å². The van der Waals surface area contributed by atoms with Crippen LogP contribution in [0.1, 0.15) is 25.0 Å². The molecule has 2 aliphatic rings. The Morgan fingerprint density at radius 3 is 2.72 bits per heavy atom. The number of aliphatic imine (C=N–C) groups is 1. The summed E-state index contributed by atoms with van der Waals surface area (Å²) in [5, 5.41) is 7.61. The lowest BCUT2D eigenvalue weighted by Gasteiger charge is -2.39. The molecule has 8 nitrogen and oxygen atoms in total. The molecule has 198 valence electrons. The number of aromatic nitrogens is 1. The molecule has 1 unspecified atom stereocenters. The summed E-state index contributed by atoms with van der Waals surface area (Å²) < 4.78 is 47.3. The smallest absolute Gasteiger partial charge is 0.273 e. The van der Waals surface area contributed by atoms with Crippen LogP contribution in [0, 0.1) is 0 Å². The minimum absolute atomic E-state index is 0. The number of fused-ring (bicyclic) bond motifs is 1. The first-order chi connectivity index (χ1) is 16.7. The number of nitrogens with zero attached hydrogens (tertiary/aromatic N) is 2. The number of thiophene rings is 1. The van der Waals surface area contributed by atoms with Crippen molar-refractivity contribution in [3.8, 4) is 0 Å². The number of rotatable bonds is 8. The molecule has 0 saturated carbocycles. The van der Waals surface area contributed by atoms with Crippen molar-refractivity contribution in [2.75, 3.05) is 35.9 Å². The van der Waals surface area contributed by atoms with Crippen molar-refractivity contribution in [2.24, 2.45) is 4.99 Å². The van der Waals surface area contributed by atoms with E-state index in [0.717, 1.165) is 54.0 Å². The standard InChI is InChI=1S/C23H30N4O4S4.ClH/c1-27(35(30,31)21-6-3-11-32-21)20-5-2-4-16-14-19(26-22(16)20)23-25-15-18(33-23)7-10-24-17-8-12-34(28,29)13-9-17;/h2-6,11,14,17-18,24,26,28-29H,7-10,12-13,15H2,1H3;1H. The van der Waals surface area contributed by atoms with Gasteiger partial charge in [-0.3, -0.25) is 18.4 Å². The third-order valence-corrected chi connectivity index (χ3v) is 12.7. The highest BCUT2D eigenvalue weighted by molar-refractivity contribution is 8.24. The van der Waals surface area contributed by atoms with Crippen molar-refractivity contribution in [3.63, 3.8) is 0 Å². The van der Waals surface area contributed by atoms with Gasteiger partial charge in [-0.05, 0) is 49.4 Å². The Hall–Kier alpha value is -1.25. The van der Waals surface area contributed by atoms with Gasteiger partial charge in [0.1, 0.15) is 9.25 Å². The van der Waals surface area contributed by atoms with Gasteiger partial charge in [0.2, 0.25) is 0 Å². The summed E-state index contributed by atoms with van der Waals surface area (Å²) in [4.78, 5) is 8.18. The average molecular weight is 591 g/mol. The number of aromatic amines is 1. The van der Waals surface area contributed by atoms with E-state index in [1.807, 2.05) is 24.3 Å². The Bertz CT molecular complexity index is 1320. The molecular weight excluding hydrogens is 560 g/mol. The van der Waals surface area contributed by atoms with E-state index >= 15 is 0 Å².